The van der Waals surface area contributed by atoms with Gasteiger partial charge in [-0.25, -0.2) is 4.79 Å². The van der Waals surface area contributed by atoms with Gasteiger partial charge in [0.25, 0.3) is 0 Å². The number of hydrogen-bond donors (Lipinski definition) is 0. The van der Waals surface area contributed by atoms with Gasteiger partial charge in [0.2, 0.25) is 22.1 Å². The summed E-state index contributed by atoms with van der Waals surface area (Å²) in [7, 11) is 0. The van der Waals surface area contributed by atoms with Crippen LogP contribution in [0.1, 0.15) is 27.7 Å². The molecular formula is C19H30N10O9. The molecule has 2 amide bonds. The lowest BCUT2D eigenvalue weighted by atomic mass is 10.2. The van der Waals surface area contributed by atoms with E-state index >= 15 is 0 Å². The Balaban J connectivity index is 2.24. The zero-order valence-corrected chi connectivity index (χ0v) is 21.5. The summed E-state index contributed by atoms with van der Waals surface area (Å²) in [5.41, 5.74) is -1.74. The molecule has 1 aliphatic rings. The van der Waals surface area contributed by atoms with Crippen molar-refractivity contribution in [3.8, 4) is 11.5 Å². The van der Waals surface area contributed by atoms with Crippen LogP contribution in [0.15, 0.2) is 22.7 Å². The summed E-state index contributed by atoms with van der Waals surface area (Å²) >= 11 is 0. The van der Waals surface area contributed by atoms with E-state index in [1.54, 1.807) is 23.6 Å². The zero-order chi connectivity index (χ0) is 28.4. The average molecular weight is 543 g/mol. The first-order chi connectivity index (χ1) is 18.1. The molecular weight excluding hydrogens is 512 g/mol. The summed E-state index contributed by atoms with van der Waals surface area (Å²) < 4.78 is 0. The number of nitro groups is 2. The summed E-state index contributed by atoms with van der Waals surface area (Å²) in [6.45, 7) is 9.37. The van der Waals surface area contributed by atoms with E-state index in [0.717, 1.165) is 6.07 Å². The standard InChI is InChI=1S/C19H30N10O9/c1-5-22(6-2)19(30)23-9-11-25(12-10-23)29(36)21-38-18-14-17(37-20-28(35)24(7-3)8-4)15(26(31)32)13-16(18)27(33)34/h13-14H,5-12H2,1-4H3/b28-20-,29-21-. The second-order valence-electron chi connectivity index (χ2n) is 7.69. The van der Waals surface area contributed by atoms with Gasteiger partial charge in [0.05, 0.1) is 46.0 Å². The number of hydrazine groups is 2. The third-order valence-corrected chi connectivity index (χ3v) is 5.63. The van der Waals surface area contributed by atoms with Gasteiger partial charge in [0, 0.05) is 32.2 Å². The van der Waals surface area contributed by atoms with Crippen molar-refractivity contribution in [1.82, 2.24) is 19.8 Å². The predicted octanol–water partition coefficient (Wildman–Crippen LogP) is 2.27. The Labute approximate surface area is 217 Å². The molecule has 1 heterocycles. The van der Waals surface area contributed by atoms with Gasteiger partial charge in [-0.2, -0.15) is 0 Å². The van der Waals surface area contributed by atoms with E-state index in [0.29, 0.717) is 19.2 Å². The van der Waals surface area contributed by atoms with Gasteiger partial charge in [-0.05, 0) is 27.7 Å². The van der Waals surface area contributed by atoms with E-state index in [2.05, 4.69) is 10.6 Å². The maximum Gasteiger partial charge on any atom is 0.321 e. The minimum absolute atomic E-state index is 0.0645. The Morgan fingerprint density at radius 2 is 1.34 bits per heavy atom. The maximum atomic E-state index is 12.5. The number of nitrogens with zero attached hydrogens (tertiary/aromatic N) is 10. The normalized spacial score (nSPS) is 14.2. The van der Waals surface area contributed by atoms with Crippen LogP contribution in [-0.2, 0) is 0 Å². The summed E-state index contributed by atoms with van der Waals surface area (Å²) in [5.74, 6) is -1.32. The van der Waals surface area contributed by atoms with Crippen LogP contribution < -0.4 is 9.68 Å². The molecule has 0 atom stereocenters. The topological polar surface area (TPSA) is 212 Å². The number of carbonyl (C=O) groups is 1. The van der Waals surface area contributed by atoms with Crippen LogP contribution >= 0.6 is 0 Å². The molecule has 1 fully saturated rings. The number of rotatable bonds is 12. The Bertz CT molecular complexity index is 1070. The fraction of sp³-hybridized carbons (Fsp3) is 0.632. The summed E-state index contributed by atoms with van der Waals surface area (Å²) in [5, 5.41) is 56.3. The smallest absolute Gasteiger partial charge is 0.321 e. The van der Waals surface area contributed by atoms with Crippen LogP contribution in [0.25, 0.3) is 0 Å². The molecule has 0 saturated carbocycles. The second kappa shape index (κ2) is 13.6. The average Bonchev–Trinajstić information content (AvgIpc) is 2.91. The fourth-order valence-corrected chi connectivity index (χ4v) is 3.45. The Morgan fingerprint density at radius 3 is 1.79 bits per heavy atom. The number of benzene rings is 1. The highest BCUT2D eigenvalue weighted by Crippen LogP contribution is 2.39. The molecule has 2 rings (SSSR count). The number of piperazine rings is 1. The third-order valence-electron chi connectivity index (χ3n) is 5.63. The molecule has 1 aliphatic heterocycles. The van der Waals surface area contributed by atoms with Gasteiger partial charge in [-0.1, -0.05) is 0 Å². The fourth-order valence-electron chi connectivity index (χ4n) is 3.45. The highest BCUT2D eigenvalue weighted by molar-refractivity contribution is 5.74. The van der Waals surface area contributed by atoms with Crippen LogP contribution in [0, 0.1) is 30.6 Å². The minimum atomic E-state index is -0.971. The van der Waals surface area contributed by atoms with Crippen molar-refractivity contribution in [3.05, 3.63) is 42.8 Å². The highest BCUT2D eigenvalue weighted by Gasteiger charge is 2.31. The number of amides is 2. The molecule has 210 valence electrons. The van der Waals surface area contributed by atoms with Gasteiger partial charge < -0.3 is 20.2 Å². The molecule has 0 radical (unpaired) electrons. The molecule has 19 heteroatoms. The SMILES string of the molecule is CCN(CC)C(=O)N1CCN(/[N+]([O-])=N/Oc2cc(O/N=[N+](\[O-])N(CC)CC)c([N+](=O)[O-])cc2[N+](=O)[O-])CC1. The maximum absolute atomic E-state index is 12.5. The highest BCUT2D eigenvalue weighted by atomic mass is 16.7. The van der Waals surface area contributed by atoms with Crippen molar-refractivity contribution >= 4 is 17.4 Å². The molecule has 0 spiro atoms. The first-order valence-electron chi connectivity index (χ1n) is 11.8. The van der Waals surface area contributed by atoms with Crippen molar-refractivity contribution in [2.75, 3.05) is 52.4 Å². The first kappa shape index (κ1) is 29.5. The number of hydrogen-bond acceptors (Lipinski definition) is 11. The van der Waals surface area contributed by atoms with Gasteiger partial charge >= 0.3 is 17.4 Å². The molecule has 0 aliphatic carbocycles. The summed E-state index contributed by atoms with van der Waals surface area (Å²) in [6, 6.07) is 1.11. The molecule has 1 aromatic carbocycles. The molecule has 38 heavy (non-hydrogen) atoms. The van der Waals surface area contributed by atoms with Crippen LogP contribution in [0.5, 0.6) is 11.5 Å². The van der Waals surface area contributed by atoms with Crippen LogP contribution in [0.3, 0.4) is 0 Å². The molecule has 0 bridgehead atoms. The van der Waals surface area contributed by atoms with Crippen LogP contribution in [0.2, 0.25) is 0 Å². The second-order valence-corrected chi connectivity index (χ2v) is 7.69. The Kier molecular flexibility index (Phi) is 10.5. The summed E-state index contributed by atoms with van der Waals surface area (Å²) in [4.78, 5) is 46.6. The van der Waals surface area contributed by atoms with Crippen LogP contribution in [-0.4, -0.2) is 98.0 Å². The van der Waals surface area contributed by atoms with E-state index in [1.807, 2.05) is 13.8 Å². The Morgan fingerprint density at radius 1 is 0.842 bits per heavy atom. The largest absolute Gasteiger partial charge is 0.569 e. The zero-order valence-electron chi connectivity index (χ0n) is 21.5. The van der Waals surface area contributed by atoms with E-state index < -0.39 is 32.7 Å². The van der Waals surface area contributed by atoms with Gasteiger partial charge in [0.15, 0.2) is 0 Å². The molecule has 0 aromatic heterocycles. The molecule has 1 saturated heterocycles. The van der Waals surface area contributed by atoms with Crippen molar-refractivity contribution in [3.63, 3.8) is 0 Å². The lowest BCUT2D eigenvalue weighted by molar-refractivity contribution is -0.708. The number of urea groups is 1. The van der Waals surface area contributed by atoms with Crippen molar-refractivity contribution < 1.29 is 34.3 Å². The molecule has 19 nitrogen and oxygen atoms in total. The van der Waals surface area contributed by atoms with Crippen molar-refractivity contribution in [2.24, 2.45) is 10.6 Å². The van der Waals surface area contributed by atoms with E-state index in [-0.39, 0.29) is 55.2 Å². The minimum Gasteiger partial charge on any atom is -0.569 e. The van der Waals surface area contributed by atoms with E-state index in [1.165, 1.54) is 10.0 Å². The third kappa shape index (κ3) is 7.17. The van der Waals surface area contributed by atoms with Gasteiger partial charge in [-0.3, -0.25) is 29.9 Å². The van der Waals surface area contributed by atoms with Crippen LogP contribution in [0.4, 0.5) is 16.2 Å². The Hall–Kier alpha value is -4.71. The summed E-state index contributed by atoms with van der Waals surface area (Å²) in [6.07, 6.45) is 0. The van der Waals surface area contributed by atoms with E-state index in [9.17, 15) is 35.4 Å². The lowest BCUT2D eigenvalue weighted by Gasteiger charge is -2.34. The quantitative estimate of drug-likeness (QED) is 0.162. The molecule has 1 aromatic rings. The number of nitro benzene ring substituents is 2. The van der Waals surface area contributed by atoms with Gasteiger partial charge in [0.1, 0.15) is 6.07 Å². The monoisotopic (exact) mass is 542 g/mol. The molecule has 0 N–H and O–H groups in total. The number of carbonyl (C=O) groups excluding carboxylic acids is 1. The van der Waals surface area contributed by atoms with Gasteiger partial charge in [-0.15, -0.1) is 10.0 Å². The lowest BCUT2D eigenvalue weighted by Crippen LogP contribution is -2.54. The van der Waals surface area contributed by atoms with Crippen molar-refractivity contribution in [2.45, 2.75) is 27.7 Å². The van der Waals surface area contributed by atoms with E-state index in [4.69, 9.17) is 9.68 Å². The van der Waals surface area contributed by atoms with Crippen molar-refractivity contribution in [1.29, 1.82) is 0 Å². The first-order valence-corrected chi connectivity index (χ1v) is 11.8. The molecule has 0 unspecified atom stereocenters. The predicted molar refractivity (Wildman–Crippen MR) is 128 cm³/mol.